The van der Waals surface area contributed by atoms with Gasteiger partial charge in [-0.15, -0.1) is 0 Å². The van der Waals surface area contributed by atoms with E-state index in [9.17, 15) is 4.79 Å². The Bertz CT molecular complexity index is 723. The number of carbonyl (C=O) groups excluding carboxylic acids is 1. The van der Waals surface area contributed by atoms with Crippen molar-refractivity contribution >= 4 is 11.7 Å². The summed E-state index contributed by atoms with van der Waals surface area (Å²) in [7, 11) is 0. The van der Waals surface area contributed by atoms with Gasteiger partial charge in [0.1, 0.15) is 12.1 Å². The lowest BCUT2D eigenvalue weighted by atomic mass is 9.93. The number of benzene rings is 2. The molecule has 2 aliphatic heterocycles. The average molecular weight is 322 g/mol. The highest BCUT2D eigenvalue weighted by Crippen LogP contribution is 2.36. The van der Waals surface area contributed by atoms with E-state index >= 15 is 0 Å². The number of esters is 1. The molecule has 4 nitrogen and oxygen atoms in total. The second-order valence-corrected chi connectivity index (χ2v) is 6.47. The third kappa shape index (κ3) is 2.67. The number of fused-ring (bicyclic) bond motifs is 1. The third-order valence-corrected chi connectivity index (χ3v) is 5.05. The van der Waals surface area contributed by atoms with Gasteiger partial charge in [-0.1, -0.05) is 42.5 Å². The molecule has 4 rings (SSSR count). The van der Waals surface area contributed by atoms with Gasteiger partial charge in [0.25, 0.3) is 0 Å². The van der Waals surface area contributed by atoms with Crippen LogP contribution in [0.15, 0.2) is 54.6 Å². The molecule has 2 aromatic carbocycles. The van der Waals surface area contributed by atoms with Crippen LogP contribution < -0.4 is 4.90 Å². The van der Waals surface area contributed by atoms with Crippen LogP contribution in [0.2, 0.25) is 0 Å². The van der Waals surface area contributed by atoms with E-state index in [0.29, 0.717) is 0 Å². The van der Waals surface area contributed by atoms with E-state index < -0.39 is 0 Å². The first-order valence-electron chi connectivity index (χ1n) is 8.57. The first kappa shape index (κ1) is 15.2. The quantitative estimate of drug-likeness (QED) is 0.795. The van der Waals surface area contributed by atoms with Crippen LogP contribution in [0.25, 0.3) is 0 Å². The van der Waals surface area contributed by atoms with Crippen molar-refractivity contribution in [2.24, 2.45) is 0 Å². The van der Waals surface area contributed by atoms with E-state index in [4.69, 9.17) is 4.74 Å². The van der Waals surface area contributed by atoms with Crippen molar-refractivity contribution in [2.45, 2.75) is 19.1 Å². The number of nitrogens with zero attached hydrogens (tertiary/aromatic N) is 2. The van der Waals surface area contributed by atoms with Crippen LogP contribution in [-0.2, 0) is 9.53 Å². The molecule has 4 heteroatoms. The van der Waals surface area contributed by atoms with Crippen LogP contribution in [0.3, 0.4) is 0 Å². The summed E-state index contributed by atoms with van der Waals surface area (Å²) in [6.45, 7) is 5.51. The van der Waals surface area contributed by atoms with E-state index in [1.165, 1.54) is 5.69 Å². The van der Waals surface area contributed by atoms with Gasteiger partial charge in [-0.2, -0.15) is 0 Å². The van der Waals surface area contributed by atoms with Gasteiger partial charge in [-0.05, 0) is 30.2 Å². The van der Waals surface area contributed by atoms with E-state index in [1.54, 1.807) is 0 Å². The fraction of sp³-hybridized carbons (Fsp3) is 0.350. The molecule has 124 valence electrons. The Hall–Kier alpha value is -2.33. The van der Waals surface area contributed by atoms with Gasteiger partial charge in [0, 0.05) is 31.9 Å². The average Bonchev–Trinajstić information content (AvgIpc) is 2.63. The number of hydrogen-bond acceptors (Lipinski definition) is 4. The predicted octanol–water partition coefficient (Wildman–Crippen LogP) is 3.17. The molecule has 0 unspecified atom stereocenters. The van der Waals surface area contributed by atoms with Gasteiger partial charge in [-0.25, -0.2) is 4.79 Å². The molecular weight excluding hydrogens is 300 g/mol. The maximum absolute atomic E-state index is 12.5. The lowest BCUT2D eigenvalue weighted by molar-refractivity contribution is -0.158. The van der Waals surface area contributed by atoms with Crippen LogP contribution >= 0.6 is 0 Å². The van der Waals surface area contributed by atoms with E-state index in [-0.39, 0.29) is 18.1 Å². The van der Waals surface area contributed by atoms with Crippen molar-refractivity contribution in [3.63, 3.8) is 0 Å². The first-order chi connectivity index (χ1) is 11.7. The lowest BCUT2D eigenvalue weighted by Gasteiger charge is -2.41. The second-order valence-electron chi connectivity index (χ2n) is 6.47. The number of piperazine rings is 1. The summed E-state index contributed by atoms with van der Waals surface area (Å²) in [5, 5.41) is 0. The van der Waals surface area contributed by atoms with Crippen molar-refractivity contribution in [1.82, 2.24) is 4.90 Å². The number of anilines is 1. The number of rotatable bonds is 2. The molecule has 0 aromatic heterocycles. The van der Waals surface area contributed by atoms with Crippen molar-refractivity contribution < 1.29 is 9.53 Å². The molecule has 2 aromatic rings. The summed E-state index contributed by atoms with van der Waals surface area (Å²) in [6, 6.07) is 18.3. The van der Waals surface area contributed by atoms with Crippen molar-refractivity contribution in [3.05, 3.63) is 65.7 Å². The van der Waals surface area contributed by atoms with Crippen molar-refractivity contribution in [2.75, 3.05) is 31.1 Å². The Morgan fingerprint density at radius 2 is 1.50 bits per heavy atom. The van der Waals surface area contributed by atoms with Crippen LogP contribution in [0.1, 0.15) is 30.2 Å². The van der Waals surface area contributed by atoms with Gasteiger partial charge in [0.15, 0.2) is 0 Å². The molecule has 0 saturated carbocycles. The molecule has 0 amide bonds. The predicted molar refractivity (Wildman–Crippen MR) is 93.9 cm³/mol. The molecule has 1 fully saturated rings. The number of para-hydroxylation sites is 1. The molecule has 1 saturated heterocycles. The third-order valence-electron chi connectivity index (χ3n) is 5.05. The molecule has 0 aliphatic carbocycles. The van der Waals surface area contributed by atoms with Gasteiger partial charge >= 0.3 is 5.97 Å². The molecule has 0 N–H and O–H groups in total. The van der Waals surface area contributed by atoms with Crippen molar-refractivity contribution in [1.29, 1.82) is 0 Å². The first-order valence-corrected chi connectivity index (χ1v) is 8.57. The van der Waals surface area contributed by atoms with Gasteiger partial charge in [-0.3, -0.25) is 4.90 Å². The highest BCUT2D eigenvalue weighted by molar-refractivity contribution is 5.80. The number of hydrogen-bond donors (Lipinski definition) is 0. The standard InChI is InChI=1S/C20H22N2O2/c1-15-17-9-5-6-10-18(17)19(20(23)24-15)22-13-11-21(12-14-22)16-7-3-2-4-8-16/h2-10,15,19H,11-14H2,1H3/t15-,19+/m0/s1. The van der Waals surface area contributed by atoms with Crippen LogP contribution in [0.4, 0.5) is 5.69 Å². The molecule has 0 bridgehead atoms. The molecule has 0 spiro atoms. The van der Waals surface area contributed by atoms with E-state index in [0.717, 1.165) is 37.3 Å². The maximum Gasteiger partial charge on any atom is 0.328 e. The van der Waals surface area contributed by atoms with Gasteiger partial charge < -0.3 is 9.64 Å². The topological polar surface area (TPSA) is 32.8 Å². The summed E-state index contributed by atoms with van der Waals surface area (Å²) in [4.78, 5) is 17.2. The van der Waals surface area contributed by atoms with Crippen molar-refractivity contribution in [3.8, 4) is 0 Å². The van der Waals surface area contributed by atoms with E-state index in [1.807, 2.05) is 25.1 Å². The molecular formula is C20H22N2O2. The number of cyclic esters (lactones) is 1. The summed E-state index contributed by atoms with van der Waals surface area (Å²) in [5.41, 5.74) is 3.49. The number of carbonyl (C=O) groups is 1. The summed E-state index contributed by atoms with van der Waals surface area (Å²) >= 11 is 0. The fourth-order valence-corrected chi connectivity index (χ4v) is 3.78. The minimum absolute atomic E-state index is 0.116. The van der Waals surface area contributed by atoms with Crippen LogP contribution in [0.5, 0.6) is 0 Å². The van der Waals surface area contributed by atoms with Crippen LogP contribution in [0, 0.1) is 0 Å². The Morgan fingerprint density at radius 3 is 2.21 bits per heavy atom. The van der Waals surface area contributed by atoms with Gasteiger partial charge in [0.2, 0.25) is 0 Å². The summed E-state index contributed by atoms with van der Waals surface area (Å²) < 4.78 is 5.60. The fourth-order valence-electron chi connectivity index (χ4n) is 3.78. The maximum atomic E-state index is 12.5. The Kier molecular flexibility index (Phi) is 3.98. The molecule has 24 heavy (non-hydrogen) atoms. The largest absolute Gasteiger partial charge is 0.456 e. The smallest absolute Gasteiger partial charge is 0.328 e. The van der Waals surface area contributed by atoms with E-state index in [2.05, 4.69) is 46.2 Å². The molecule has 2 atom stereocenters. The zero-order valence-electron chi connectivity index (χ0n) is 13.9. The molecule has 0 radical (unpaired) electrons. The Balaban J connectivity index is 1.53. The lowest BCUT2D eigenvalue weighted by Crippen LogP contribution is -2.50. The minimum atomic E-state index is -0.268. The highest BCUT2D eigenvalue weighted by atomic mass is 16.5. The minimum Gasteiger partial charge on any atom is -0.456 e. The Labute approximate surface area is 142 Å². The zero-order chi connectivity index (χ0) is 16.5. The summed E-state index contributed by atoms with van der Waals surface area (Å²) in [5.74, 6) is -0.116. The molecule has 2 heterocycles. The van der Waals surface area contributed by atoms with Gasteiger partial charge in [0.05, 0.1) is 0 Å². The highest BCUT2D eigenvalue weighted by Gasteiger charge is 2.38. The second kappa shape index (κ2) is 6.29. The SMILES string of the molecule is C[C@@H]1OC(=O)[C@H](N2CCN(c3ccccc3)CC2)c2ccccc21. The molecule has 2 aliphatic rings. The normalized spacial score (nSPS) is 24.4. The zero-order valence-corrected chi connectivity index (χ0v) is 13.9. The number of ether oxygens (including phenoxy) is 1. The summed E-state index contributed by atoms with van der Waals surface area (Å²) in [6.07, 6.45) is -0.157. The van der Waals surface area contributed by atoms with Crippen LogP contribution in [-0.4, -0.2) is 37.0 Å². The monoisotopic (exact) mass is 322 g/mol. The Morgan fingerprint density at radius 1 is 0.875 bits per heavy atom.